The Bertz CT molecular complexity index is 1590. The van der Waals surface area contributed by atoms with Gasteiger partial charge >= 0.3 is 6.01 Å². The molecular weight excluding hydrogens is 618 g/mol. The van der Waals surface area contributed by atoms with E-state index in [1.165, 1.54) is 25.6 Å². The number of benzene rings is 1. The van der Waals surface area contributed by atoms with E-state index in [1.807, 2.05) is 35.6 Å². The van der Waals surface area contributed by atoms with Crippen molar-refractivity contribution < 1.29 is 18.3 Å². The van der Waals surface area contributed by atoms with Crippen LogP contribution >= 0.6 is 11.6 Å². The average Bonchev–Trinajstić information content (AvgIpc) is 3.00. The summed E-state index contributed by atoms with van der Waals surface area (Å²) in [6.07, 6.45) is 5.86. The zero-order chi connectivity index (χ0) is 32.7. The Hall–Kier alpha value is -4.04. The number of carbonyl (C=O) groups is 1. The molecule has 3 aliphatic rings. The first-order valence-electron chi connectivity index (χ1n) is 15.5. The highest BCUT2D eigenvalue weighted by Crippen LogP contribution is 2.41. The summed E-state index contributed by atoms with van der Waals surface area (Å²) in [7, 11) is 3.37. The number of methoxy groups -OCH3 is 1. The standard InChI is InChI=1S/C31H39ClF2N10O2/c1-17-15-43(16-18(2)44(17)29(45)19-6-5-7-19)30-36-13-20(14-37-30)23-21(33)12-22(42-10-8-41(3)9-11-42)26(24(23)34)38-28-25(35)27(32)39-31(40-28)46-4/h12-14,17-19H,5-11,15-16,35H2,1-4H3,(H,38,39,40)/t17-,18+. The summed E-state index contributed by atoms with van der Waals surface area (Å²) in [6.45, 7) is 7.73. The van der Waals surface area contributed by atoms with E-state index in [4.69, 9.17) is 22.1 Å². The third-order valence-electron chi connectivity index (χ3n) is 9.18. The number of aromatic nitrogens is 4. The molecule has 4 heterocycles. The number of nitrogens with zero attached hydrogens (tertiary/aromatic N) is 8. The van der Waals surface area contributed by atoms with Gasteiger partial charge in [-0.25, -0.2) is 18.7 Å². The molecule has 6 rings (SSSR count). The van der Waals surface area contributed by atoms with E-state index >= 15 is 8.78 Å². The van der Waals surface area contributed by atoms with Crippen molar-refractivity contribution in [2.75, 3.05) is 74.3 Å². The number of anilines is 5. The molecule has 0 bridgehead atoms. The summed E-state index contributed by atoms with van der Waals surface area (Å²) in [5, 5.41) is 2.88. The monoisotopic (exact) mass is 656 g/mol. The Morgan fingerprint density at radius 3 is 2.28 bits per heavy atom. The normalized spacial score (nSPS) is 20.9. The molecule has 2 aromatic heterocycles. The van der Waals surface area contributed by atoms with Gasteiger partial charge in [0.05, 0.1) is 18.4 Å². The fourth-order valence-electron chi connectivity index (χ4n) is 6.41. The average molecular weight is 657 g/mol. The van der Waals surface area contributed by atoms with Gasteiger partial charge in [0.25, 0.3) is 0 Å². The van der Waals surface area contributed by atoms with Gasteiger partial charge in [0, 0.05) is 81.3 Å². The van der Waals surface area contributed by atoms with Gasteiger partial charge in [-0.15, -0.1) is 0 Å². The lowest BCUT2D eigenvalue weighted by Crippen LogP contribution is -2.60. The third kappa shape index (κ3) is 6.07. The number of piperazine rings is 2. The molecule has 1 amide bonds. The number of likely N-dealkylation sites (N-methyl/N-ethyl adjacent to an activating group) is 1. The number of amides is 1. The molecule has 2 aliphatic heterocycles. The second kappa shape index (κ2) is 13.0. The van der Waals surface area contributed by atoms with Crippen LogP contribution in [0.5, 0.6) is 6.01 Å². The highest BCUT2D eigenvalue weighted by atomic mass is 35.5. The number of ether oxygens (including phenoxy) is 1. The first kappa shape index (κ1) is 31.9. The SMILES string of the molecule is COc1nc(Cl)c(N)c(Nc2c(N3CCN(C)CC3)cc(F)c(-c3cnc(N4C[C@@H](C)N(C(=O)C5CCC5)[C@@H](C)C4)nc3)c2F)n1. The highest BCUT2D eigenvalue weighted by molar-refractivity contribution is 6.32. The molecule has 15 heteroatoms. The lowest BCUT2D eigenvalue weighted by atomic mass is 9.83. The van der Waals surface area contributed by atoms with E-state index in [9.17, 15) is 4.79 Å². The van der Waals surface area contributed by atoms with Gasteiger partial charge in [-0.1, -0.05) is 18.0 Å². The van der Waals surface area contributed by atoms with Crippen LogP contribution in [0.1, 0.15) is 33.1 Å². The van der Waals surface area contributed by atoms with Gasteiger partial charge in [-0.05, 0) is 33.7 Å². The van der Waals surface area contributed by atoms with Gasteiger partial charge in [0.1, 0.15) is 17.2 Å². The number of nitrogen functional groups attached to an aromatic ring is 1. The quantitative estimate of drug-likeness (QED) is 0.356. The number of hydrogen-bond acceptors (Lipinski definition) is 11. The Balaban J connectivity index is 1.31. The molecule has 3 fully saturated rings. The molecule has 3 aromatic rings. The molecule has 12 nitrogen and oxygen atoms in total. The van der Waals surface area contributed by atoms with E-state index in [-0.39, 0.29) is 63.4 Å². The van der Waals surface area contributed by atoms with Crippen LogP contribution in [0.3, 0.4) is 0 Å². The number of nitrogens with one attached hydrogen (secondary N) is 1. The molecule has 1 saturated carbocycles. The van der Waals surface area contributed by atoms with E-state index in [0.717, 1.165) is 32.4 Å². The molecule has 2 atom stereocenters. The van der Waals surface area contributed by atoms with Crippen molar-refractivity contribution in [3.05, 3.63) is 35.2 Å². The number of rotatable bonds is 7. The zero-order valence-corrected chi connectivity index (χ0v) is 27.2. The Labute approximate surface area is 271 Å². The van der Waals surface area contributed by atoms with Crippen LogP contribution in [0.4, 0.5) is 37.6 Å². The molecule has 246 valence electrons. The van der Waals surface area contributed by atoms with Crippen LogP contribution in [-0.2, 0) is 4.79 Å². The second-order valence-electron chi connectivity index (χ2n) is 12.4. The molecule has 3 N–H and O–H groups in total. The van der Waals surface area contributed by atoms with Gasteiger partial charge in [0.2, 0.25) is 11.9 Å². The lowest BCUT2D eigenvalue weighted by molar-refractivity contribution is -0.143. The molecule has 1 aromatic carbocycles. The zero-order valence-electron chi connectivity index (χ0n) is 26.4. The summed E-state index contributed by atoms with van der Waals surface area (Å²) in [5.74, 6) is -0.811. The number of nitrogens with two attached hydrogens (primary N) is 1. The molecule has 46 heavy (non-hydrogen) atoms. The van der Waals surface area contributed by atoms with Gasteiger partial charge in [-0.3, -0.25) is 4.79 Å². The van der Waals surface area contributed by atoms with Crippen molar-refractivity contribution in [3.8, 4) is 17.1 Å². The predicted octanol–water partition coefficient (Wildman–Crippen LogP) is 4.18. The topological polar surface area (TPSA) is 129 Å². The second-order valence-corrected chi connectivity index (χ2v) is 12.7. The number of hydrogen-bond donors (Lipinski definition) is 2. The maximum absolute atomic E-state index is 16.6. The summed E-state index contributed by atoms with van der Waals surface area (Å²) >= 11 is 6.20. The minimum Gasteiger partial charge on any atom is -0.467 e. The smallest absolute Gasteiger partial charge is 0.319 e. The third-order valence-corrected chi connectivity index (χ3v) is 9.47. The van der Waals surface area contributed by atoms with E-state index < -0.39 is 11.6 Å². The van der Waals surface area contributed by atoms with Crippen LogP contribution in [0.15, 0.2) is 18.5 Å². The van der Waals surface area contributed by atoms with Crippen LogP contribution < -0.4 is 25.6 Å². The predicted molar refractivity (Wildman–Crippen MR) is 174 cm³/mol. The van der Waals surface area contributed by atoms with E-state index in [0.29, 0.717) is 37.8 Å². The summed E-state index contributed by atoms with van der Waals surface area (Å²) in [4.78, 5) is 38.3. The minimum atomic E-state index is -0.858. The number of carbonyl (C=O) groups excluding carboxylic acids is 1. The van der Waals surface area contributed by atoms with Crippen molar-refractivity contribution >= 4 is 46.3 Å². The van der Waals surface area contributed by atoms with Crippen LogP contribution in [0, 0.1) is 17.6 Å². The van der Waals surface area contributed by atoms with Gasteiger partial charge in [0.15, 0.2) is 16.8 Å². The fourth-order valence-corrected chi connectivity index (χ4v) is 6.58. The largest absolute Gasteiger partial charge is 0.467 e. The van der Waals surface area contributed by atoms with Crippen molar-refractivity contribution in [2.24, 2.45) is 5.92 Å². The molecule has 0 radical (unpaired) electrons. The number of halogens is 3. The van der Waals surface area contributed by atoms with Gasteiger partial charge in [-0.2, -0.15) is 9.97 Å². The fraction of sp³-hybridized carbons (Fsp3) is 0.516. The summed E-state index contributed by atoms with van der Waals surface area (Å²) in [6, 6.07) is 1.20. The van der Waals surface area contributed by atoms with E-state index in [2.05, 4.69) is 30.2 Å². The maximum atomic E-state index is 16.6. The Morgan fingerprint density at radius 2 is 1.70 bits per heavy atom. The Kier molecular flexibility index (Phi) is 9.01. The molecule has 0 unspecified atom stereocenters. The summed E-state index contributed by atoms with van der Waals surface area (Å²) < 4.78 is 37.6. The van der Waals surface area contributed by atoms with Crippen molar-refractivity contribution in [1.29, 1.82) is 0 Å². The van der Waals surface area contributed by atoms with Crippen molar-refractivity contribution in [1.82, 2.24) is 29.7 Å². The Morgan fingerprint density at radius 1 is 1.04 bits per heavy atom. The summed E-state index contributed by atoms with van der Waals surface area (Å²) in [5.41, 5.74) is 6.30. The van der Waals surface area contributed by atoms with Crippen LogP contribution in [0.25, 0.3) is 11.1 Å². The highest BCUT2D eigenvalue weighted by Gasteiger charge is 2.38. The molecular formula is C31H39ClF2N10O2. The van der Waals surface area contributed by atoms with Gasteiger partial charge < -0.3 is 35.4 Å². The first-order chi connectivity index (χ1) is 22.0. The maximum Gasteiger partial charge on any atom is 0.319 e. The van der Waals surface area contributed by atoms with Crippen LogP contribution in [0.2, 0.25) is 5.15 Å². The minimum absolute atomic E-state index is 0.0114. The van der Waals surface area contributed by atoms with Crippen molar-refractivity contribution in [2.45, 2.75) is 45.2 Å². The van der Waals surface area contributed by atoms with Crippen LogP contribution in [-0.4, -0.2) is 101 Å². The molecule has 2 saturated heterocycles. The first-order valence-corrected chi connectivity index (χ1v) is 15.9. The molecule has 0 spiro atoms. The lowest BCUT2D eigenvalue weighted by Gasteiger charge is -2.46. The van der Waals surface area contributed by atoms with E-state index in [1.54, 1.807) is 0 Å². The van der Waals surface area contributed by atoms with Crippen molar-refractivity contribution in [3.63, 3.8) is 0 Å². The molecule has 1 aliphatic carbocycles.